The fourth-order valence-corrected chi connectivity index (χ4v) is 2.85. The van der Waals surface area contributed by atoms with Crippen LogP contribution in [0.1, 0.15) is 22.8 Å². The van der Waals surface area contributed by atoms with Crippen LogP contribution < -0.4 is 20.7 Å². The zero-order chi connectivity index (χ0) is 21.3. The van der Waals surface area contributed by atoms with Gasteiger partial charge in [-0.3, -0.25) is 9.59 Å². The van der Waals surface area contributed by atoms with Gasteiger partial charge in [-0.1, -0.05) is 17.7 Å². The van der Waals surface area contributed by atoms with Crippen molar-refractivity contribution >= 4 is 28.9 Å². The normalized spacial score (nSPS) is 10.2. The fraction of sp³-hybridized carbons (Fsp3) is 0.167. The first-order valence-electron chi connectivity index (χ1n) is 9.78. The number of benzene rings is 3. The smallest absolute Gasteiger partial charge is 0.255 e. The maximum Gasteiger partial charge on any atom is 0.255 e. The monoisotopic (exact) mass is 403 g/mol. The maximum atomic E-state index is 12.3. The van der Waals surface area contributed by atoms with Crippen LogP contribution in [0, 0.1) is 6.92 Å². The topological polar surface area (TPSA) is 79.5 Å². The molecule has 154 valence electrons. The van der Waals surface area contributed by atoms with Crippen molar-refractivity contribution in [3.8, 4) is 5.75 Å². The van der Waals surface area contributed by atoms with Crippen molar-refractivity contribution in [1.82, 2.24) is 0 Å². The minimum absolute atomic E-state index is 0.127. The Labute approximate surface area is 176 Å². The number of ether oxygens (including phenoxy) is 1. The predicted octanol–water partition coefficient (Wildman–Crippen LogP) is 4.70. The molecular weight excluding hydrogens is 378 g/mol. The molecule has 0 fully saturated rings. The second-order valence-electron chi connectivity index (χ2n) is 6.76. The van der Waals surface area contributed by atoms with Gasteiger partial charge in [-0.25, -0.2) is 0 Å². The first-order valence-corrected chi connectivity index (χ1v) is 9.78. The molecule has 0 aliphatic heterocycles. The number of anilines is 3. The van der Waals surface area contributed by atoms with Gasteiger partial charge in [0.2, 0.25) is 5.91 Å². The van der Waals surface area contributed by atoms with Crippen molar-refractivity contribution in [2.45, 2.75) is 13.8 Å². The van der Waals surface area contributed by atoms with Gasteiger partial charge < -0.3 is 20.7 Å². The highest BCUT2D eigenvalue weighted by Gasteiger charge is 2.07. The van der Waals surface area contributed by atoms with Crippen molar-refractivity contribution in [3.63, 3.8) is 0 Å². The Bertz CT molecular complexity index is 999. The Hall–Kier alpha value is -3.80. The van der Waals surface area contributed by atoms with Gasteiger partial charge in [0.05, 0.1) is 13.2 Å². The van der Waals surface area contributed by atoms with E-state index in [2.05, 4.69) is 16.0 Å². The Balaban J connectivity index is 1.48. The van der Waals surface area contributed by atoms with E-state index in [9.17, 15) is 9.59 Å². The third kappa shape index (κ3) is 6.10. The average Bonchev–Trinajstić information content (AvgIpc) is 2.75. The van der Waals surface area contributed by atoms with E-state index in [4.69, 9.17) is 4.74 Å². The van der Waals surface area contributed by atoms with Crippen LogP contribution in [-0.2, 0) is 4.79 Å². The number of rotatable bonds is 8. The average molecular weight is 403 g/mol. The number of hydrogen-bond donors (Lipinski definition) is 3. The number of carbonyl (C=O) groups excluding carboxylic acids is 2. The van der Waals surface area contributed by atoms with Crippen LogP contribution in [0.15, 0.2) is 72.8 Å². The fourth-order valence-electron chi connectivity index (χ4n) is 2.85. The van der Waals surface area contributed by atoms with E-state index in [1.165, 1.54) is 0 Å². The molecular formula is C24H25N3O3. The lowest BCUT2D eigenvalue weighted by molar-refractivity contribution is -0.114. The van der Waals surface area contributed by atoms with Crippen molar-refractivity contribution in [2.75, 3.05) is 29.1 Å². The maximum absolute atomic E-state index is 12.3. The van der Waals surface area contributed by atoms with Crippen LogP contribution in [-0.4, -0.2) is 25.0 Å². The minimum Gasteiger partial charge on any atom is -0.494 e. The Morgan fingerprint density at radius 2 is 1.47 bits per heavy atom. The van der Waals surface area contributed by atoms with Crippen LogP contribution in [0.3, 0.4) is 0 Å². The summed E-state index contributed by atoms with van der Waals surface area (Å²) < 4.78 is 5.38. The molecule has 0 unspecified atom stereocenters. The van der Waals surface area contributed by atoms with Gasteiger partial charge in [0, 0.05) is 22.6 Å². The molecule has 0 saturated heterocycles. The summed E-state index contributed by atoms with van der Waals surface area (Å²) in [5.41, 5.74) is 3.82. The quantitative estimate of drug-likeness (QED) is 0.509. The van der Waals surface area contributed by atoms with Crippen LogP contribution in [0.2, 0.25) is 0 Å². The van der Waals surface area contributed by atoms with Crippen molar-refractivity contribution < 1.29 is 14.3 Å². The van der Waals surface area contributed by atoms with Crippen LogP contribution in [0.5, 0.6) is 5.75 Å². The second kappa shape index (κ2) is 10.1. The first-order chi connectivity index (χ1) is 14.5. The lowest BCUT2D eigenvalue weighted by atomic mass is 10.1. The second-order valence-corrected chi connectivity index (χ2v) is 6.76. The summed E-state index contributed by atoms with van der Waals surface area (Å²) in [6.07, 6.45) is 0. The summed E-state index contributed by atoms with van der Waals surface area (Å²) in [6, 6.07) is 21.9. The molecule has 3 aromatic rings. The Morgan fingerprint density at radius 1 is 0.833 bits per heavy atom. The number of carbonyl (C=O) groups is 2. The third-order valence-electron chi connectivity index (χ3n) is 4.33. The highest BCUT2D eigenvalue weighted by Crippen LogP contribution is 2.17. The standard InChI is InChI=1S/C24H25N3O3/c1-3-30-22-13-11-20(12-14-22)26-23(28)16-25-19-7-9-21(10-8-19)27-24(29)18-6-4-5-17(2)15-18/h4-15,25H,3,16H2,1-2H3,(H,26,28)(H,27,29). The highest BCUT2D eigenvalue weighted by molar-refractivity contribution is 6.04. The Morgan fingerprint density at radius 3 is 2.13 bits per heavy atom. The molecule has 0 aliphatic carbocycles. The molecule has 0 heterocycles. The number of amides is 2. The van der Waals surface area contributed by atoms with Crippen LogP contribution in [0.4, 0.5) is 17.1 Å². The first kappa shape index (κ1) is 20.9. The van der Waals surface area contributed by atoms with E-state index >= 15 is 0 Å². The van der Waals surface area contributed by atoms with Crippen molar-refractivity contribution in [3.05, 3.63) is 83.9 Å². The molecule has 0 radical (unpaired) electrons. The molecule has 3 N–H and O–H groups in total. The van der Waals surface area contributed by atoms with Crippen LogP contribution in [0.25, 0.3) is 0 Å². The van der Waals surface area contributed by atoms with Crippen LogP contribution >= 0.6 is 0 Å². The highest BCUT2D eigenvalue weighted by atomic mass is 16.5. The van der Waals surface area contributed by atoms with Crippen molar-refractivity contribution in [1.29, 1.82) is 0 Å². The molecule has 0 spiro atoms. The van der Waals surface area contributed by atoms with E-state index in [0.29, 0.717) is 23.5 Å². The van der Waals surface area contributed by atoms with E-state index < -0.39 is 0 Å². The number of aryl methyl sites for hydroxylation is 1. The lowest BCUT2D eigenvalue weighted by Crippen LogP contribution is -2.21. The molecule has 2 amide bonds. The van der Waals surface area contributed by atoms with Gasteiger partial charge in [-0.15, -0.1) is 0 Å². The van der Waals surface area contributed by atoms with E-state index in [1.54, 1.807) is 30.3 Å². The molecule has 0 atom stereocenters. The molecule has 3 aromatic carbocycles. The molecule has 0 aliphatic rings. The van der Waals surface area contributed by atoms with Gasteiger partial charge in [-0.2, -0.15) is 0 Å². The van der Waals surface area contributed by atoms with Crippen molar-refractivity contribution in [2.24, 2.45) is 0 Å². The molecule has 0 aromatic heterocycles. The summed E-state index contributed by atoms with van der Waals surface area (Å²) >= 11 is 0. The van der Waals surface area contributed by atoms with E-state index in [0.717, 1.165) is 17.0 Å². The minimum atomic E-state index is -0.158. The zero-order valence-electron chi connectivity index (χ0n) is 17.1. The molecule has 6 heteroatoms. The zero-order valence-corrected chi connectivity index (χ0v) is 17.1. The summed E-state index contributed by atoms with van der Waals surface area (Å²) in [4.78, 5) is 24.4. The van der Waals surface area contributed by atoms with E-state index in [-0.39, 0.29) is 18.4 Å². The van der Waals surface area contributed by atoms with Gasteiger partial charge in [0.15, 0.2) is 0 Å². The summed E-state index contributed by atoms with van der Waals surface area (Å²) in [7, 11) is 0. The summed E-state index contributed by atoms with van der Waals surface area (Å²) in [6.45, 7) is 4.60. The summed E-state index contributed by atoms with van der Waals surface area (Å²) in [5.74, 6) is 0.452. The Kier molecular flexibility index (Phi) is 7.05. The van der Waals surface area contributed by atoms with Gasteiger partial charge >= 0.3 is 0 Å². The predicted molar refractivity (Wildman–Crippen MR) is 120 cm³/mol. The lowest BCUT2D eigenvalue weighted by Gasteiger charge is -2.10. The van der Waals surface area contributed by atoms with Gasteiger partial charge in [0.1, 0.15) is 5.75 Å². The largest absolute Gasteiger partial charge is 0.494 e. The molecule has 0 saturated carbocycles. The number of hydrogen-bond acceptors (Lipinski definition) is 4. The number of nitrogens with one attached hydrogen (secondary N) is 3. The SMILES string of the molecule is CCOc1ccc(NC(=O)CNc2ccc(NC(=O)c3cccc(C)c3)cc2)cc1. The summed E-state index contributed by atoms with van der Waals surface area (Å²) in [5, 5.41) is 8.76. The van der Waals surface area contributed by atoms with Gasteiger partial charge in [-0.05, 0) is 74.5 Å². The third-order valence-corrected chi connectivity index (χ3v) is 4.33. The molecule has 30 heavy (non-hydrogen) atoms. The molecule has 6 nitrogen and oxygen atoms in total. The molecule has 0 bridgehead atoms. The van der Waals surface area contributed by atoms with Gasteiger partial charge in [0.25, 0.3) is 5.91 Å². The molecule has 3 rings (SSSR count). The van der Waals surface area contributed by atoms with E-state index in [1.807, 2.05) is 56.3 Å².